The average Bonchev–Trinajstić information content (AvgIpc) is 2.94. The minimum Gasteiger partial charge on any atom is -0.323 e. The van der Waals surface area contributed by atoms with Crippen LogP contribution in [0.1, 0.15) is 27.9 Å². The Morgan fingerprint density at radius 2 is 2.10 bits per heavy atom. The normalized spacial score (nSPS) is 13.1. The van der Waals surface area contributed by atoms with Crippen LogP contribution in [0.15, 0.2) is 16.9 Å². The lowest BCUT2D eigenvalue weighted by Crippen LogP contribution is -2.25. The highest BCUT2D eigenvalue weighted by atomic mass is 35.5. The molecule has 9 heteroatoms. The Morgan fingerprint density at radius 3 is 2.86 bits per heavy atom. The monoisotopic (exact) mass is 419 g/mol. The van der Waals surface area contributed by atoms with E-state index in [4.69, 9.17) is 0 Å². The highest BCUT2D eigenvalue weighted by Crippen LogP contribution is 2.25. The molecule has 3 heterocycles. The number of benzene rings is 1. The molecule has 0 spiro atoms. The number of carbonyl (C=O) groups is 1. The van der Waals surface area contributed by atoms with Crippen LogP contribution in [0, 0.1) is 19.7 Å². The van der Waals surface area contributed by atoms with Crippen LogP contribution in [0.4, 0.5) is 10.1 Å². The van der Waals surface area contributed by atoms with Crippen molar-refractivity contribution in [2.75, 3.05) is 11.9 Å². The van der Waals surface area contributed by atoms with Crippen molar-refractivity contribution in [3.05, 3.63) is 56.3 Å². The maximum Gasteiger partial charge on any atom is 0.273 e. The van der Waals surface area contributed by atoms with Gasteiger partial charge in [0.15, 0.2) is 5.65 Å². The van der Waals surface area contributed by atoms with E-state index in [1.807, 2.05) is 6.07 Å². The van der Waals surface area contributed by atoms with E-state index in [2.05, 4.69) is 20.7 Å². The molecule has 0 saturated heterocycles. The lowest BCUT2D eigenvalue weighted by molar-refractivity contribution is -0.115. The molecule has 0 saturated carbocycles. The molecule has 0 radical (unpaired) electrons. The minimum atomic E-state index is -0.367. The lowest BCUT2D eigenvalue weighted by Gasteiger charge is -2.19. The van der Waals surface area contributed by atoms with Gasteiger partial charge in [-0.3, -0.25) is 19.4 Å². The van der Waals surface area contributed by atoms with Gasteiger partial charge in [-0.2, -0.15) is 0 Å². The fourth-order valence-corrected chi connectivity index (χ4v) is 3.89. The molecule has 1 aliphatic rings. The molecule has 2 aromatic heterocycles. The number of anilines is 1. The molecule has 29 heavy (non-hydrogen) atoms. The number of carbonyl (C=O) groups excluding carboxylic acids is 1. The maximum atomic E-state index is 14.8. The third kappa shape index (κ3) is 3.65. The van der Waals surface area contributed by atoms with Gasteiger partial charge in [-0.15, -0.1) is 12.4 Å². The first-order valence-electron chi connectivity index (χ1n) is 9.22. The first-order valence-corrected chi connectivity index (χ1v) is 9.22. The van der Waals surface area contributed by atoms with Gasteiger partial charge in [0.1, 0.15) is 5.82 Å². The summed E-state index contributed by atoms with van der Waals surface area (Å²) in [6, 6.07) is 3.44. The van der Waals surface area contributed by atoms with Crippen LogP contribution >= 0.6 is 12.4 Å². The van der Waals surface area contributed by atoms with Crippen LogP contribution in [0.25, 0.3) is 11.0 Å². The number of aromatic nitrogens is 3. The van der Waals surface area contributed by atoms with Gasteiger partial charge in [-0.1, -0.05) is 6.07 Å². The number of nitrogens with zero attached hydrogens (tertiary/aromatic N) is 2. The van der Waals surface area contributed by atoms with Gasteiger partial charge in [0.2, 0.25) is 5.91 Å². The smallest absolute Gasteiger partial charge is 0.273 e. The number of pyridine rings is 1. The van der Waals surface area contributed by atoms with Gasteiger partial charge in [-0.25, -0.2) is 9.37 Å². The number of amides is 1. The first-order chi connectivity index (χ1) is 13.4. The van der Waals surface area contributed by atoms with Crippen LogP contribution in [0.3, 0.4) is 0 Å². The summed E-state index contributed by atoms with van der Waals surface area (Å²) in [5.74, 6) is -0.707. The van der Waals surface area contributed by atoms with Crippen molar-refractivity contribution in [2.45, 2.75) is 33.2 Å². The zero-order valence-electron chi connectivity index (χ0n) is 16.5. The third-order valence-corrected chi connectivity index (χ3v) is 5.39. The molecule has 0 fully saturated rings. The molecule has 1 aromatic carbocycles. The standard InChI is InChI=1S/C20H22FN5O2.ClH/c1-10-14(11(2)23-19-17(10)20(28)25-26(19)3)8-16(27)24-15-5-4-12-9-22-7-6-13(12)18(15)21;/h4-5,22H,6-9H2,1-3H3,(H,24,27)(H,25,28);1H. The number of hydrogen-bond donors (Lipinski definition) is 3. The Balaban J connectivity index is 0.00000240. The lowest BCUT2D eigenvalue weighted by atomic mass is 9.99. The summed E-state index contributed by atoms with van der Waals surface area (Å²) in [5.41, 5.74) is 4.16. The van der Waals surface area contributed by atoms with Crippen molar-refractivity contribution in [1.82, 2.24) is 20.1 Å². The van der Waals surface area contributed by atoms with Gasteiger partial charge in [-0.05, 0) is 55.1 Å². The predicted molar refractivity (Wildman–Crippen MR) is 112 cm³/mol. The highest BCUT2D eigenvalue weighted by Gasteiger charge is 2.20. The van der Waals surface area contributed by atoms with E-state index in [-0.39, 0.29) is 41.8 Å². The second-order valence-electron chi connectivity index (χ2n) is 7.22. The number of halogens is 2. The Kier molecular flexibility index (Phi) is 5.77. The van der Waals surface area contributed by atoms with E-state index in [9.17, 15) is 14.0 Å². The zero-order chi connectivity index (χ0) is 20.0. The van der Waals surface area contributed by atoms with Crippen molar-refractivity contribution >= 4 is 35.0 Å². The van der Waals surface area contributed by atoms with Crippen molar-refractivity contribution in [2.24, 2.45) is 7.05 Å². The molecule has 7 nitrogen and oxygen atoms in total. The van der Waals surface area contributed by atoms with E-state index < -0.39 is 0 Å². The Labute approximate surface area is 173 Å². The molecule has 0 bridgehead atoms. The molecular weight excluding hydrogens is 397 g/mol. The van der Waals surface area contributed by atoms with Crippen LogP contribution in [0.5, 0.6) is 0 Å². The number of nitrogens with one attached hydrogen (secondary N) is 3. The maximum absolute atomic E-state index is 14.8. The van der Waals surface area contributed by atoms with Crippen LogP contribution < -0.4 is 16.2 Å². The zero-order valence-corrected chi connectivity index (χ0v) is 17.3. The molecule has 3 aromatic rings. The largest absolute Gasteiger partial charge is 0.323 e. The summed E-state index contributed by atoms with van der Waals surface area (Å²) >= 11 is 0. The van der Waals surface area contributed by atoms with Crippen molar-refractivity contribution in [1.29, 1.82) is 0 Å². The SMILES string of the molecule is Cc1nc2c(c(C)c1CC(=O)Nc1ccc3c(c1F)CCNC3)c(=O)[nH]n2C.Cl. The van der Waals surface area contributed by atoms with Gasteiger partial charge in [0.25, 0.3) is 5.56 Å². The number of H-pyrrole nitrogens is 1. The van der Waals surface area contributed by atoms with E-state index >= 15 is 0 Å². The van der Waals surface area contributed by atoms with E-state index in [0.717, 1.165) is 17.7 Å². The molecule has 0 unspecified atom stereocenters. The van der Waals surface area contributed by atoms with Crippen molar-refractivity contribution in [3.63, 3.8) is 0 Å². The Hall–Kier alpha value is -2.71. The topological polar surface area (TPSA) is 91.8 Å². The number of fused-ring (bicyclic) bond motifs is 2. The average molecular weight is 420 g/mol. The molecule has 154 valence electrons. The first kappa shape index (κ1) is 21.0. The summed E-state index contributed by atoms with van der Waals surface area (Å²) in [7, 11) is 1.72. The summed E-state index contributed by atoms with van der Waals surface area (Å²) in [4.78, 5) is 29.3. The fraction of sp³-hybridized carbons (Fsp3) is 0.350. The van der Waals surface area contributed by atoms with E-state index in [1.54, 1.807) is 31.6 Å². The van der Waals surface area contributed by atoms with Crippen LogP contribution in [-0.4, -0.2) is 27.2 Å². The Bertz CT molecular complexity index is 1170. The number of hydrogen-bond acceptors (Lipinski definition) is 4. The summed E-state index contributed by atoms with van der Waals surface area (Å²) in [5, 5.41) is 9.04. The summed E-state index contributed by atoms with van der Waals surface area (Å²) in [6.45, 7) is 4.97. The van der Waals surface area contributed by atoms with Gasteiger partial charge < -0.3 is 10.6 Å². The highest BCUT2D eigenvalue weighted by molar-refractivity contribution is 5.94. The van der Waals surface area contributed by atoms with E-state index in [0.29, 0.717) is 40.8 Å². The number of aromatic amines is 1. The second-order valence-corrected chi connectivity index (χ2v) is 7.22. The van der Waals surface area contributed by atoms with Crippen molar-refractivity contribution in [3.8, 4) is 0 Å². The number of rotatable bonds is 3. The second kappa shape index (κ2) is 7.96. The predicted octanol–water partition coefficient (Wildman–Crippen LogP) is 2.27. The van der Waals surface area contributed by atoms with Crippen molar-refractivity contribution < 1.29 is 9.18 Å². The van der Waals surface area contributed by atoms with Gasteiger partial charge in [0.05, 0.1) is 17.5 Å². The summed E-state index contributed by atoms with van der Waals surface area (Å²) < 4.78 is 16.3. The molecule has 1 amide bonds. The van der Waals surface area contributed by atoms with Gasteiger partial charge in [0, 0.05) is 19.3 Å². The summed E-state index contributed by atoms with van der Waals surface area (Å²) in [6.07, 6.45) is 0.619. The number of aryl methyl sites for hydroxylation is 3. The molecule has 0 aliphatic carbocycles. The molecule has 3 N–H and O–H groups in total. The quantitative estimate of drug-likeness (QED) is 0.607. The molecule has 0 atom stereocenters. The third-order valence-electron chi connectivity index (χ3n) is 5.39. The molecular formula is C20H23ClFN5O2. The van der Waals surface area contributed by atoms with E-state index in [1.165, 1.54) is 0 Å². The molecule has 1 aliphatic heterocycles. The minimum absolute atomic E-state index is 0. The molecule has 4 rings (SSSR count). The Morgan fingerprint density at radius 1 is 1.34 bits per heavy atom. The van der Waals surface area contributed by atoms with Gasteiger partial charge >= 0.3 is 0 Å². The van der Waals surface area contributed by atoms with Crippen LogP contribution in [-0.2, 0) is 31.2 Å². The van der Waals surface area contributed by atoms with Crippen LogP contribution in [0.2, 0.25) is 0 Å². The fourth-order valence-electron chi connectivity index (χ4n) is 3.89.